The fraction of sp³-hybridized carbons (Fsp3) is 0.100. The maximum absolute atomic E-state index is 13.0. The summed E-state index contributed by atoms with van der Waals surface area (Å²) in [6.07, 6.45) is 1.52. The second kappa shape index (κ2) is 8.14. The molecule has 28 heavy (non-hydrogen) atoms. The number of nitrogen functional groups attached to an aromatic ring is 1. The van der Waals surface area contributed by atoms with Crippen LogP contribution in [0, 0.1) is 17.7 Å². The van der Waals surface area contributed by atoms with Crippen LogP contribution in [0.15, 0.2) is 42.6 Å². The lowest BCUT2D eigenvalue weighted by atomic mass is 10.1. The SMILES string of the molecule is COC(=O)C#Cc1nc(C(=O)NCc2ccc(F)cc2)c(N)c2ncccc12. The van der Waals surface area contributed by atoms with Crippen molar-refractivity contribution in [1.29, 1.82) is 0 Å². The number of amides is 1. The molecule has 0 unspecified atom stereocenters. The molecule has 1 amide bonds. The summed E-state index contributed by atoms with van der Waals surface area (Å²) in [7, 11) is 1.21. The van der Waals surface area contributed by atoms with E-state index in [9.17, 15) is 14.0 Å². The van der Waals surface area contributed by atoms with Gasteiger partial charge in [0.15, 0.2) is 5.69 Å². The van der Waals surface area contributed by atoms with E-state index in [1.807, 2.05) is 0 Å². The van der Waals surface area contributed by atoms with E-state index in [0.29, 0.717) is 16.5 Å². The Balaban J connectivity index is 1.96. The van der Waals surface area contributed by atoms with Gasteiger partial charge in [0.1, 0.15) is 11.5 Å². The van der Waals surface area contributed by atoms with Gasteiger partial charge < -0.3 is 15.8 Å². The zero-order valence-electron chi connectivity index (χ0n) is 14.8. The number of halogens is 1. The van der Waals surface area contributed by atoms with Gasteiger partial charge in [0.2, 0.25) is 0 Å². The number of anilines is 1. The number of hydrogen-bond donors (Lipinski definition) is 2. The van der Waals surface area contributed by atoms with Crippen molar-refractivity contribution in [3.63, 3.8) is 0 Å². The third-order valence-electron chi connectivity index (χ3n) is 3.85. The molecule has 2 aromatic heterocycles. The molecule has 0 saturated heterocycles. The molecule has 0 aliphatic carbocycles. The largest absolute Gasteiger partial charge is 0.459 e. The van der Waals surface area contributed by atoms with Gasteiger partial charge >= 0.3 is 5.97 Å². The van der Waals surface area contributed by atoms with Crippen LogP contribution in [0.1, 0.15) is 21.7 Å². The fourth-order valence-electron chi connectivity index (χ4n) is 2.45. The highest BCUT2D eigenvalue weighted by Gasteiger charge is 2.18. The van der Waals surface area contributed by atoms with Gasteiger partial charge in [0.25, 0.3) is 5.91 Å². The number of carbonyl (C=O) groups excluding carboxylic acids is 2. The summed E-state index contributed by atoms with van der Waals surface area (Å²) in [6.45, 7) is 0.156. The van der Waals surface area contributed by atoms with E-state index >= 15 is 0 Å². The molecular weight excluding hydrogens is 363 g/mol. The van der Waals surface area contributed by atoms with Crippen molar-refractivity contribution in [2.24, 2.45) is 0 Å². The Morgan fingerprint density at radius 3 is 2.71 bits per heavy atom. The maximum Gasteiger partial charge on any atom is 0.384 e. The zero-order valence-corrected chi connectivity index (χ0v) is 14.8. The van der Waals surface area contributed by atoms with Crippen LogP contribution in [-0.2, 0) is 16.1 Å². The van der Waals surface area contributed by atoms with Gasteiger partial charge in [0.05, 0.1) is 18.3 Å². The normalized spacial score (nSPS) is 10.1. The van der Waals surface area contributed by atoms with E-state index in [0.717, 1.165) is 0 Å². The van der Waals surface area contributed by atoms with Crippen molar-refractivity contribution < 1.29 is 18.7 Å². The number of fused-ring (bicyclic) bond motifs is 1. The van der Waals surface area contributed by atoms with Crippen LogP contribution < -0.4 is 11.1 Å². The Kier molecular flexibility index (Phi) is 5.46. The monoisotopic (exact) mass is 378 g/mol. The second-order valence-electron chi connectivity index (χ2n) is 5.67. The first-order chi connectivity index (χ1) is 13.5. The number of rotatable bonds is 3. The fourth-order valence-corrected chi connectivity index (χ4v) is 2.45. The number of ether oxygens (including phenoxy) is 1. The molecule has 0 aliphatic heterocycles. The smallest absolute Gasteiger partial charge is 0.384 e. The van der Waals surface area contributed by atoms with Gasteiger partial charge in [-0.3, -0.25) is 9.78 Å². The molecule has 0 saturated carbocycles. The molecule has 0 fully saturated rings. The number of aromatic nitrogens is 2. The summed E-state index contributed by atoms with van der Waals surface area (Å²) in [4.78, 5) is 32.3. The van der Waals surface area contributed by atoms with Crippen molar-refractivity contribution in [3.8, 4) is 11.8 Å². The summed E-state index contributed by atoms with van der Waals surface area (Å²) in [5, 5.41) is 3.18. The lowest BCUT2D eigenvalue weighted by Gasteiger charge is -2.10. The van der Waals surface area contributed by atoms with Crippen molar-refractivity contribution in [3.05, 3.63) is 65.4 Å². The number of esters is 1. The van der Waals surface area contributed by atoms with Gasteiger partial charge in [-0.25, -0.2) is 14.2 Å². The molecule has 0 spiro atoms. The number of carbonyl (C=O) groups is 2. The molecule has 3 aromatic rings. The molecule has 2 heterocycles. The average Bonchev–Trinajstić information content (AvgIpc) is 2.72. The number of nitrogens with one attached hydrogen (secondary N) is 1. The minimum atomic E-state index is -0.738. The summed E-state index contributed by atoms with van der Waals surface area (Å²) >= 11 is 0. The quantitative estimate of drug-likeness (QED) is 0.532. The molecule has 3 N–H and O–H groups in total. The Morgan fingerprint density at radius 1 is 1.25 bits per heavy atom. The van der Waals surface area contributed by atoms with Crippen molar-refractivity contribution in [2.75, 3.05) is 12.8 Å². The average molecular weight is 378 g/mol. The number of nitrogens with two attached hydrogens (primary N) is 1. The Labute approximate surface area is 159 Å². The molecule has 7 nitrogen and oxygen atoms in total. The maximum atomic E-state index is 13.0. The molecule has 0 bridgehead atoms. The van der Waals surface area contributed by atoms with Crippen LogP contribution in [-0.4, -0.2) is 29.0 Å². The van der Waals surface area contributed by atoms with Gasteiger partial charge in [-0.2, -0.15) is 0 Å². The molecule has 0 atom stereocenters. The lowest BCUT2D eigenvalue weighted by Crippen LogP contribution is -2.25. The highest BCUT2D eigenvalue weighted by molar-refractivity contribution is 6.05. The third kappa shape index (κ3) is 4.04. The van der Waals surface area contributed by atoms with Crippen molar-refractivity contribution in [1.82, 2.24) is 15.3 Å². The molecule has 3 rings (SSSR count). The Bertz CT molecular complexity index is 1120. The van der Waals surface area contributed by atoms with Crippen LogP contribution in [0.4, 0.5) is 10.1 Å². The van der Waals surface area contributed by atoms with E-state index in [-0.39, 0.29) is 29.4 Å². The van der Waals surface area contributed by atoms with Crippen molar-refractivity contribution >= 4 is 28.5 Å². The molecular formula is C20H15FN4O3. The molecule has 140 valence electrons. The second-order valence-corrected chi connectivity index (χ2v) is 5.67. The van der Waals surface area contributed by atoms with Crippen LogP contribution in [0.5, 0.6) is 0 Å². The van der Waals surface area contributed by atoms with E-state index in [1.165, 1.54) is 25.4 Å². The first-order valence-electron chi connectivity index (χ1n) is 8.16. The predicted octanol–water partition coefficient (Wildman–Crippen LogP) is 1.81. The minimum absolute atomic E-state index is 0.0672. The third-order valence-corrected chi connectivity index (χ3v) is 3.85. The Hall–Kier alpha value is -3.99. The minimum Gasteiger partial charge on any atom is -0.459 e. The first kappa shape index (κ1) is 18.8. The van der Waals surface area contributed by atoms with E-state index in [4.69, 9.17) is 5.73 Å². The van der Waals surface area contributed by atoms with Crippen LogP contribution in [0.25, 0.3) is 10.9 Å². The molecule has 0 aliphatic rings. The van der Waals surface area contributed by atoms with Gasteiger partial charge in [-0.15, -0.1) is 0 Å². The number of nitrogens with zero attached hydrogens (tertiary/aromatic N) is 2. The summed E-state index contributed by atoms with van der Waals surface area (Å²) in [5.41, 5.74) is 7.34. The standard InChI is InChI=1S/C20H15FN4O3/c1-28-16(26)9-8-15-14-3-2-10-23-18(14)17(22)19(25-15)20(27)24-11-12-4-6-13(21)7-5-12/h2-7,10H,11,22H2,1H3,(H,24,27). The molecule has 0 radical (unpaired) electrons. The van der Waals surface area contributed by atoms with Gasteiger partial charge in [-0.1, -0.05) is 12.1 Å². The summed E-state index contributed by atoms with van der Waals surface area (Å²) < 4.78 is 17.5. The predicted molar refractivity (Wildman–Crippen MR) is 100 cm³/mol. The topological polar surface area (TPSA) is 107 Å². The van der Waals surface area contributed by atoms with Crippen LogP contribution in [0.2, 0.25) is 0 Å². The number of benzene rings is 1. The highest BCUT2D eigenvalue weighted by Crippen LogP contribution is 2.24. The highest BCUT2D eigenvalue weighted by atomic mass is 19.1. The van der Waals surface area contributed by atoms with Gasteiger partial charge in [0, 0.05) is 24.0 Å². The van der Waals surface area contributed by atoms with Crippen LogP contribution in [0.3, 0.4) is 0 Å². The molecule has 1 aromatic carbocycles. The lowest BCUT2D eigenvalue weighted by molar-refractivity contribution is -0.133. The van der Waals surface area contributed by atoms with Crippen molar-refractivity contribution in [2.45, 2.75) is 6.54 Å². The first-order valence-corrected chi connectivity index (χ1v) is 8.16. The summed E-state index contributed by atoms with van der Waals surface area (Å²) in [5.74, 6) is 3.22. The van der Waals surface area contributed by atoms with E-state index in [1.54, 1.807) is 24.3 Å². The molecule has 8 heteroatoms. The van der Waals surface area contributed by atoms with Gasteiger partial charge in [-0.05, 0) is 35.7 Å². The summed E-state index contributed by atoms with van der Waals surface area (Å²) in [6, 6.07) is 9.07. The number of methoxy groups -OCH3 is 1. The Morgan fingerprint density at radius 2 is 2.00 bits per heavy atom. The van der Waals surface area contributed by atoms with E-state index in [2.05, 4.69) is 31.9 Å². The number of hydrogen-bond acceptors (Lipinski definition) is 6. The number of pyridine rings is 2. The van der Waals surface area contributed by atoms with E-state index < -0.39 is 11.9 Å². The van der Waals surface area contributed by atoms with Crippen LogP contribution >= 0.6 is 0 Å². The zero-order chi connectivity index (χ0) is 20.1.